The van der Waals surface area contributed by atoms with Gasteiger partial charge in [-0.05, 0) is 19.8 Å². The Morgan fingerprint density at radius 2 is 2.33 bits per heavy atom. The zero-order chi connectivity index (χ0) is 9.14. The average molecular weight is 176 g/mol. The third-order valence-corrected chi connectivity index (χ3v) is 2.07. The van der Waals surface area contributed by atoms with E-state index in [4.69, 9.17) is 9.84 Å². The molecule has 1 rings (SSSR count). The maximum absolute atomic E-state index is 12.7. The highest BCUT2D eigenvalue weighted by Crippen LogP contribution is 2.29. The normalized spacial score (nSPS) is 35.1. The van der Waals surface area contributed by atoms with Gasteiger partial charge in [0.05, 0.1) is 18.6 Å². The van der Waals surface area contributed by atoms with Crippen molar-refractivity contribution in [1.29, 1.82) is 0 Å². The van der Waals surface area contributed by atoms with Gasteiger partial charge in [-0.25, -0.2) is 4.39 Å². The zero-order valence-electron chi connectivity index (χ0n) is 7.00. The largest absolute Gasteiger partial charge is 0.466 e. The van der Waals surface area contributed by atoms with Crippen LogP contribution in [0.3, 0.4) is 0 Å². The molecular weight excluding hydrogens is 163 g/mol. The lowest BCUT2D eigenvalue weighted by atomic mass is 10.1. The van der Waals surface area contributed by atoms with Crippen LogP contribution in [0.5, 0.6) is 0 Å². The standard InChI is InChI=1S/C8H13FO3/c1-2-12-8(11)5-3-6(9)7(10)4-5/h5-7,10H,2-4H2,1H3/t5-,6-,7-/m0/s1. The molecule has 4 heteroatoms. The Kier molecular flexibility index (Phi) is 3.03. The van der Waals surface area contributed by atoms with E-state index in [9.17, 15) is 9.18 Å². The van der Waals surface area contributed by atoms with Crippen LogP contribution >= 0.6 is 0 Å². The first kappa shape index (κ1) is 9.45. The molecule has 1 fully saturated rings. The number of carbonyl (C=O) groups excluding carboxylic acids is 1. The summed E-state index contributed by atoms with van der Waals surface area (Å²) in [6.07, 6.45) is -1.96. The van der Waals surface area contributed by atoms with Gasteiger partial charge in [0.15, 0.2) is 0 Å². The number of aliphatic hydroxyl groups excluding tert-OH is 1. The predicted molar refractivity (Wildman–Crippen MR) is 40.3 cm³/mol. The van der Waals surface area contributed by atoms with Crippen molar-refractivity contribution < 1.29 is 19.0 Å². The molecule has 12 heavy (non-hydrogen) atoms. The molecule has 1 N–H and O–H groups in total. The topological polar surface area (TPSA) is 46.5 Å². The van der Waals surface area contributed by atoms with Crippen LogP contribution in [0.15, 0.2) is 0 Å². The summed E-state index contributed by atoms with van der Waals surface area (Å²) < 4.78 is 17.4. The highest BCUT2D eigenvalue weighted by Gasteiger charge is 2.37. The van der Waals surface area contributed by atoms with E-state index in [-0.39, 0.29) is 12.8 Å². The number of carbonyl (C=O) groups is 1. The highest BCUT2D eigenvalue weighted by molar-refractivity contribution is 5.72. The van der Waals surface area contributed by atoms with Crippen molar-refractivity contribution >= 4 is 5.97 Å². The van der Waals surface area contributed by atoms with Gasteiger partial charge < -0.3 is 9.84 Å². The fourth-order valence-corrected chi connectivity index (χ4v) is 1.42. The lowest BCUT2D eigenvalue weighted by Crippen LogP contribution is -2.15. The van der Waals surface area contributed by atoms with Crippen molar-refractivity contribution in [2.75, 3.05) is 6.61 Å². The van der Waals surface area contributed by atoms with Gasteiger partial charge in [-0.2, -0.15) is 0 Å². The molecule has 0 spiro atoms. The summed E-state index contributed by atoms with van der Waals surface area (Å²) in [5.74, 6) is -0.841. The molecule has 0 bridgehead atoms. The quantitative estimate of drug-likeness (QED) is 0.628. The molecule has 3 atom stereocenters. The second-order valence-corrected chi connectivity index (χ2v) is 3.00. The van der Waals surface area contributed by atoms with Gasteiger partial charge in [-0.3, -0.25) is 4.79 Å². The molecule has 0 heterocycles. The van der Waals surface area contributed by atoms with Crippen molar-refractivity contribution in [2.24, 2.45) is 5.92 Å². The van der Waals surface area contributed by atoms with E-state index in [2.05, 4.69) is 0 Å². The van der Waals surface area contributed by atoms with Gasteiger partial charge in [0, 0.05) is 0 Å². The Balaban J connectivity index is 2.40. The number of alkyl halides is 1. The number of aliphatic hydroxyl groups is 1. The van der Waals surface area contributed by atoms with Crippen LogP contribution in [-0.4, -0.2) is 30.0 Å². The Labute approximate surface area is 70.5 Å². The van der Waals surface area contributed by atoms with Gasteiger partial charge >= 0.3 is 5.97 Å². The molecule has 3 nitrogen and oxygen atoms in total. The minimum absolute atomic E-state index is 0.0972. The van der Waals surface area contributed by atoms with E-state index in [1.807, 2.05) is 0 Å². The van der Waals surface area contributed by atoms with Crippen molar-refractivity contribution in [3.63, 3.8) is 0 Å². The highest BCUT2D eigenvalue weighted by atomic mass is 19.1. The minimum atomic E-state index is -1.26. The lowest BCUT2D eigenvalue weighted by molar-refractivity contribution is -0.148. The maximum Gasteiger partial charge on any atom is 0.309 e. The number of hydrogen-bond donors (Lipinski definition) is 1. The van der Waals surface area contributed by atoms with Crippen molar-refractivity contribution in [3.8, 4) is 0 Å². The fourth-order valence-electron chi connectivity index (χ4n) is 1.42. The molecule has 0 amide bonds. The van der Waals surface area contributed by atoms with Crippen molar-refractivity contribution in [1.82, 2.24) is 0 Å². The van der Waals surface area contributed by atoms with Crippen molar-refractivity contribution in [3.05, 3.63) is 0 Å². The molecule has 0 radical (unpaired) electrons. The molecule has 70 valence electrons. The molecule has 0 aromatic rings. The van der Waals surface area contributed by atoms with Crippen LogP contribution in [0.25, 0.3) is 0 Å². The molecule has 1 aliphatic rings. The smallest absolute Gasteiger partial charge is 0.309 e. The number of rotatable bonds is 2. The van der Waals surface area contributed by atoms with Crippen molar-refractivity contribution in [2.45, 2.75) is 32.0 Å². The maximum atomic E-state index is 12.7. The van der Waals surface area contributed by atoms with Crippen LogP contribution in [-0.2, 0) is 9.53 Å². The van der Waals surface area contributed by atoms with Crippen LogP contribution < -0.4 is 0 Å². The molecule has 1 aliphatic carbocycles. The van der Waals surface area contributed by atoms with Gasteiger partial charge in [-0.15, -0.1) is 0 Å². The Hall–Kier alpha value is -0.640. The third kappa shape index (κ3) is 1.94. The van der Waals surface area contributed by atoms with Gasteiger partial charge in [-0.1, -0.05) is 0 Å². The number of esters is 1. The first-order valence-corrected chi connectivity index (χ1v) is 4.14. The Morgan fingerprint density at radius 3 is 2.75 bits per heavy atom. The van der Waals surface area contributed by atoms with Gasteiger partial charge in [0.2, 0.25) is 0 Å². The summed E-state index contributed by atoms with van der Waals surface area (Å²) in [7, 11) is 0. The van der Waals surface area contributed by atoms with E-state index in [1.54, 1.807) is 6.92 Å². The number of ether oxygens (including phenoxy) is 1. The second-order valence-electron chi connectivity index (χ2n) is 3.00. The minimum Gasteiger partial charge on any atom is -0.466 e. The van der Waals surface area contributed by atoms with E-state index in [1.165, 1.54) is 0 Å². The first-order chi connectivity index (χ1) is 5.65. The predicted octanol–water partition coefficient (Wildman–Crippen LogP) is 0.659. The van der Waals surface area contributed by atoms with Gasteiger partial charge in [0.25, 0.3) is 0 Å². The monoisotopic (exact) mass is 176 g/mol. The molecule has 0 aliphatic heterocycles. The Bertz CT molecular complexity index is 162. The second kappa shape index (κ2) is 3.85. The molecular formula is C8H13FO3. The Morgan fingerprint density at radius 1 is 1.67 bits per heavy atom. The molecule has 1 saturated carbocycles. The lowest BCUT2D eigenvalue weighted by Gasteiger charge is -2.06. The molecule has 0 unspecified atom stereocenters. The SMILES string of the molecule is CCOC(=O)[C@@H]1C[C@H](O)[C@@H](F)C1. The van der Waals surface area contributed by atoms with Crippen LogP contribution in [0.1, 0.15) is 19.8 Å². The number of hydrogen-bond acceptors (Lipinski definition) is 3. The van der Waals surface area contributed by atoms with E-state index < -0.39 is 24.2 Å². The summed E-state index contributed by atoms with van der Waals surface area (Å²) in [5.41, 5.74) is 0. The molecule has 0 aromatic heterocycles. The fraction of sp³-hybridized carbons (Fsp3) is 0.875. The summed E-state index contributed by atoms with van der Waals surface area (Å²) in [6.45, 7) is 2.01. The third-order valence-electron chi connectivity index (χ3n) is 2.07. The summed E-state index contributed by atoms with van der Waals surface area (Å²) in [5, 5.41) is 9.00. The average Bonchev–Trinajstić information content (AvgIpc) is 2.33. The van der Waals surface area contributed by atoms with E-state index >= 15 is 0 Å². The van der Waals surface area contributed by atoms with Crippen LogP contribution in [0.4, 0.5) is 4.39 Å². The van der Waals surface area contributed by atoms with Crippen LogP contribution in [0.2, 0.25) is 0 Å². The zero-order valence-corrected chi connectivity index (χ0v) is 7.00. The first-order valence-electron chi connectivity index (χ1n) is 4.14. The molecule has 0 aromatic carbocycles. The van der Waals surface area contributed by atoms with E-state index in [0.29, 0.717) is 6.61 Å². The summed E-state index contributed by atoms with van der Waals surface area (Å²) >= 11 is 0. The summed E-state index contributed by atoms with van der Waals surface area (Å²) in [4.78, 5) is 11.0. The summed E-state index contributed by atoms with van der Waals surface area (Å²) in [6, 6.07) is 0. The number of halogens is 1. The molecule has 0 saturated heterocycles. The van der Waals surface area contributed by atoms with Crippen LogP contribution in [0, 0.1) is 5.92 Å². The van der Waals surface area contributed by atoms with Gasteiger partial charge in [0.1, 0.15) is 6.17 Å². The van der Waals surface area contributed by atoms with E-state index in [0.717, 1.165) is 0 Å².